The van der Waals surface area contributed by atoms with E-state index >= 15 is 0 Å². The maximum absolute atomic E-state index is 12.6. The van der Waals surface area contributed by atoms with Gasteiger partial charge in [0.15, 0.2) is 0 Å². The zero-order valence-corrected chi connectivity index (χ0v) is 15.5. The number of carbonyl (C=O) groups is 1. The van der Waals surface area contributed by atoms with Gasteiger partial charge in [-0.05, 0) is 18.9 Å². The Morgan fingerprint density at radius 2 is 2.07 bits per heavy atom. The molecule has 8 nitrogen and oxygen atoms in total. The van der Waals surface area contributed by atoms with Crippen LogP contribution in [0.25, 0.3) is 11.1 Å². The standard InChI is InChI=1S/C19H23N7O/c1-25-12-21-10-15(25)7-16(20)18(27)24-19(5-6-19)17-4-3-13(8-22-17)14-9-23-26(2)11-14/h3-4,8-12,16H,5-7,20H2,1-2H3,(H,24,27). The summed E-state index contributed by atoms with van der Waals surface area (Å²) >= 11 is 0. The summed E-state index contributed by atoms with van der Waals surface area (Å²) in [6.07, 6.45) is 11.2. The fraction of sp³-hybridized carbons (Fsp3) is 0.368. The van der Waals surface area contributed by atoms with Crippen molar-refractivity contribution in [1.82, 2.24) is 29.6 Å². The third-order valence-electron chi connectivity index (χ3n) is 5.09. The predicted octanol–water partition coefficient (Wildman–Crippen LogP) is 0.891. The van der Waals surface area contributed by atoms with Crippen LogP contribution in [0.3, 0.4) is 0 Å². The smallest absolute Gasteiger partial charge is 0.238 e. The van der Waals surface area contributed by atoms with E-state index in [1.165, 1.54) is 0 Å². The number of hydrogen-bond donors (Lipinski definition) is 2. The maximum atomic E-state index is 12.6. The van der Waals surface area contributed by atoms with Crippen LogP contribution in [0.1, 0.15) is 24.2 Å². The van der Waals surface area contributed by atoms with E-state index in [4.69, 9.17) is 5.73 Å². The van der Waals surface area contributed by atoms with Crippen molar-refractivity contribution in [2.24, 2.45) is 19.8 Å². The Labute approximate surface area is 157 Å². The summed E-state index contributed by atoms with van der Waals surface area (Å²) in [6, 6.07) is 3.37. The Kier molecular flexibility index (Phi) is 4.27. The highest BCUT2D eigenvalue weighted by atomic mass is 16.2. The second-order valence-corrected chi connectivity index (χ2v) is 7.21. The number of rotatable bonds is 6. The Morgan fingerprint density at radius 1 is 1.26 bits per heavy atom. The van der Waals surface area contributed by atoms with Gasteiger partial charge >= 0.3 is 0 Å². The topological polar surface area (TPSA) is 104 Å². The molecule has 140 valence electrons. The molecule has 0 aliphatic heterocycles. The first-order valence-corrected chi connectivity index (χ1v) is 8.95. The van der Waals surface area contributed by atoms with Gasteiger partial charge in [-0.25, -0.2) is 4.98 Å². The van der Waals surface area contributed by atoms with Gasteiger partial charge in [0.2, 0.25) is 5.91 Å². The lowest BCUT2D eigenvalue weighted by atomic mass is 10.1. The van der Waals surface area contributed by atoms with Crippen LogP contribution in [0.4, 0.5) is 0 Å². The van der Waals surface area contributed by atoms with Crippen LogP contribution in [-0.2, 0) is 30.8 Å². The second-order valence-electron chi connectivity index (χ2n) is 7.21. The summed E-state index contributed by atoms with van der Waals surface area (Å²) in [5, 5.41) is 7.29. The highest BCUT2D eigenvalue weighted by Crippen LogP contribution is 2.44. The SMILES string of the molecule is Cn1cc(-c2ccc(C3(NC(=O)C(N)Cc4cncn4C)CC3)nc2)cn1. The van der Waals surface area contributed by atoms with Crippen LogP contribution in [0, 0.1) is 0 Å². The Bertz CT molecular complexity index is 953. The lowest BCUT2D eigenvalue weighted by Crippen LogP contribution is -2.47. The first-order chi connectivity index (χ1) is 13.0. The number of aromatic nitrogens is 5. The van der Waals surface area contributed by atoms with Gasteiger partial charge in [-0.2, -0.15) is 5.10 Å². The molecule has 0 aromatic carbocycles. The number of aryl methyl sites for hydroxylation is 2. The monoisotopic (exact) mass is 365 g/mol. The fourth-order valence-corrected chi connectivity index (χ4v) is 3.22. The Morgan fingerprint density at radius 3 is 2.63 bits per heavy atom. The minimum Gasteiger partial charge on any atom is -0.344 e. The van der Waals surface area contributed by atoms with Gasteiger partial charge in [-0.15, -0.1) is 0 Å². The van der Waals surface area contributed by atoms with E-state index in [2.05, 4.69) is 20.4 Å². The van der Waals surface area contributed by atoms with E-state index in [-0.39, 0.29) is 5.91 Å². The van der Waals surface area contributed by atoms with Crippen molar-refractivity contribution in [3.05, 3.63) is 54.6 Å². The van der Waals surface area contributed by atoms with Crippen LogP contribution < -0.4 is 11.1 Å². The third-order valence-corrected chi connectivity index (χ3v) is 5.09. The molecule has 3 aromatic heterocycles. The van der Waals surface area contributed by atoms with Crippen LogP contribution >= 0.6 is 0 Å². The minimum absolute atomic E-state index is 0.160. The molecule has 1 atom stereocenters. The van der Waals surface area contributed by atoms with Crippen molar-refractivity contribution in [3.8, 4) is 11.1 Å². The molecular formula is C19H23N7O. The van der Waals surface area contributed by atoms with Crippen LogP contribution in [-0.4, -0.2) is 36.3 Å². The summed E-state index contributed by atoms with van der Waals surface area (Å²) < 4.78 is 3.63. The summed E-state index contributed by atoms with van der Waals surface area (Å²) in [7, 11) is 3.78. The van der Waals surface area contributed by atoms with Gasteiger partial charge in [0, 0.05) is 55.9 Å². The van der Waals surface area contributed by atoms with Gasteiger partial charge in [0.1, 0.15) is 0 Å². The van der Waals surface area contributed by atoms with Gasteiger partial charge < -0.3 is 15.6 Å². The molecule has 3 aromatic rings. The molecule has 0 spiro atoms. The Hall–Kier alpha value is -3.00. The molecule has 27 heavy (non-hydrogen) atoms. The molecule has 8 heteroatoms. The minimum atomic E-state index is -0.618. The van der Waals surface area contributed by atoms with E-state index in [0.717, 1.165) is 35.4 Å². The van der Waals surface area contributed by atoms with E-state index in [9.17, 15) is 4.79 Å². The molecule has 0 saturated heterocycles. The number of nitrogens with two attached hydrogens (primary N) is 1. The third kappa shape index (κ3) is 3.48. The molecule has 0 radical (unpaired) electrons. The molecule has 0 bridgehead atoms. The number of imidazole rings is 1. The summed E-state index contributed by atoms with van der Waals surface area (Å²) in [6.45, 7) is 0. The lowest BCUT2D eigenvalue weighted by Gasteiger charge is -2.20. The fourth-order valence-electron chi connectivity index (χ4n) is 3.22. The number of amides is 1. The molecule has 1 fully saturated rings. The number of carbonyl (C=O) groups excluding carboxylic acids is 1. The van der Waals surface area contributed by atoms with E-state index in [1.807, 2.05) is 49.4 Å². The zero-order valence-electron chi connectivity index (χ0n) is 15.5. The molecule has 3 heterocycles. The summed E-state index contributed by atoms with van der Waals surface area (Å²) in [4.78, 5) is 21.3. The maximum Gasteiger partial charge on any atom is 0.238 e. The van der Waals surface area contributed by atoms with Crippen LogP contribution in [0.2, 0.25) is 0 Å². The molecule has 1 amide bonds. The number of pyridine rings is 1. The predicted molar refractivity (Wildman–Crippen MR) is 100 cm³/mol. The second kappa shape index (κ2) is 6.62. The van der Waals surface area contributed by atoms with E-state index < -0.39 is 11.6 Å². The van der Waals surface area contributed by atoms with Gasteiger partial charge in [0.05, 0.1) is 29.8 Å². The van der Waals surface area contributed by atoms with Crippen LogP contribution in [0.15, 0.2) is 43.2 Å². The summed E-state index contributed by atoms with van der Waals surface area (Å²) in [5.74, 6) is -0.160. The van der Waals surface area contributed by atoms with E-state index in [0.29, 0.717) is 6.42 Å². The van der Waals surface area contributed by atoms with Crippen molar-refractivity contribution >= 4 is 5.91 Å². The number of nitrogens with zero attached hydrogens (tertiary/aromatic N) is 5. The number of hydrogen-bond acceptors (Lipinski definition) is 5. The van der Waals surface area contributed by atoms with E-state index in [1.54, 1.807) is 17.2 Å². The molecule has 3 N–H and O–H groups in total. The van der Waals surface area contributed by atoms with Crippen molar-refractivity contribution in [3.63, 3.8) is 0 Å². The van der Waals surface area contributed by atoms with Crippen molar-refractivity contribution in [2.75, 3.05) is 0 Å². The molecule has 1 unspecified atom stereocenters. The lowest BCUT2D eigenvalue weighted by molar-refractivity contribution is -0.123. The highest BCUT2D eigenvalue weighted by molar-refractivity contribution is 5.83. The van der Waals surface area contributed by atoms with Gasteiger partial charge in [0.25, 0.3) is 0 Å². The largest absolute Gasteiger partial charge is 0.344 e. The van der Waals surface area contributed by atoms with Crippen molar-refractivity contribution in [1.29, 1.82) is 0 Å². The molecule has 1 saturated carbocycles. The van der Waals surface area contributed by atoms with Crippen molar-refractivity contribution in [2.45, 2.75) is 30.8 Å². The molecule has 1 aliphatic rings. The van der Waals surface area contributed by atoms with Crippen LogP contribution in [0.5, 0.6) is 0 Å². The molecular weight excluding hydrogens is 342 g/mol. The van der Waals surface area contributed by atoms with Crippen molar-refractivity contribution < 1.29 is 4.79 Å². The quantitative estimate of drug-likeness (QED) is 0.675. The average Bonchev–Trinajstić information content (AvgIpc) is 3.13. The summed E-state index contributed by atoms with van der Waals surface area (Å²) in [5.41, 5.74) is 9.54. The average molecular weight is 365 g/mol. The normalized spacial score (nSPS) is 16.1. The Balaban J connectivity index is 1.44. The number of nitrogens with one attached hydrogen (secondary N) is 1. The van der Waals surface area contributed by atoms with Gasteiger partial charge in [-0.1, -0.05) is 6.07 Å². The first kappa shape index (κ1) is 17.4. The highest BCUT2D eigenvalue weighted by Gasteiger charge is 2.47. The van der Waals surface area contributed by atoms with Gasteiger partial charge in [-0.3, -0.25) is 14.5 Å². The first-order valence-electron chi connectivity index (χ1n) is 8.95. The molecule has 4 rings (SSSR count). The zero-order chi connectivity index (χ0) is 19.0. The molecule has 1 aliphatic carbocycles.